The predicted molar refractivity (Wildman–Crippen MR) is 279 cm³/mol. The highest BCUT2D eigenvalue weighted by molar-refractivity contribution is 5.80. The first-order valence-corrected chi connectivity index (χ1v) is 28.0. The number of carbonyl (C=O) groups excluding carboxylic acids is 1. The molecule has 6 nitrogen and oxygen atoms in total. The zero-order valence-corrected chi connectivity index (χ0v) is 42.5. The molecule has 376 valence electrons. The lowest BCUT2D eigenvalue weighted by atomic mass is 10.00. The van der Waals surface area contributed by atoms with Crippen molar-refractivity contribution in [3.05, 3.63) is 48.6 Å². The topological polar surface area (TPSA) is 110 Å². The Hall–Kier alpha value is -1.73. The molecule has 4 atom stereocenters. The van der Waals surface area contributed by atoms with Gasteiger partial charge in [-0.25, -0.2) is 0 Å². The lowest BCUT2D eigenvalue weighted by Crippen LogP contribution is -2.53. The van der Waals surface area contributed by atoms with Crippen LogP contribution in [0.2, 0.25) is 0 Å². The van der Waals surface area contributed by atoms with Crippen molar-refractivity contribution in [1.29, 1.82) is 0 Å². The maximum atomic E-state index is 12.6. The van der Waals surface area contributed by atoms with E-state index < -0.39 is 36.9 Å². The average Bonchev–Trinajstić information content (AvgIpc) is 3.30. The highest BCUT2D eigenvalue weighted by Gasteiger charge is 2.28. The number of amides is 1. The molecule has 0 spiro atoms. The van der Waals surface area contributed by atoms with Crippen molar-refractivity contribution in [1.82, 2.24) is 5.32 Å². The minimum Gasteiger partial charge on any atom is -0.394 e. The van der Waals surface area contributed by atoms with Crippen LogP contribution in [0, 0.1) is 0 Å². The number of rotatable bonds is 51. The summed E-state index contributed by atoms with van der Waals surface area (Å²) in [7, 11) is 0. The molecule has 0 aromatic carbocycles. The summed E-state index contributed by atoms with van der Waals surface area (Å²) in [5.41, 5.74) is 0. The number of allylic oxidation sites excluding steroid dienone is 8. The summed E-state index contributed by atoms with van der Waals surface area (Å²) in [6, 6.07) is -1.01. The zero-order valence-electron chi connectivity index (χ0n) is 42.5. The third kappa shape index (κ3) is 45.4. The molecule has 0 aromatic heterocycles. The minimum absolute atomic E-state index is 0.359. The predicted octanol–water partition coefficient (Wildman–Crippen LogP) is 16.2. The van der Waals surface area contributed by atoms with E-state index in [1.807, 2.05) is 0 Å². The summed E-state index contributed by atoms with van der Waals surface area (Å²) in [4.78, 5) is 12.6. The van der Waals surface area contributed by atoms with Crippen molar-refractivity contribution < 1.29 is 25.2 Å². The zero-order chi connectivity index (χ0) is 46.7. The number of unbranched alkanes of at least 4 members (excludes halogenated alkanes) is 34. The molecule has 0 saturated heterocycles. The van der Waals surface area contributed by atoms with Gasteiger partial charge in [-0.3, -0.25) is 4.79 Å². The van der Waals surface area contributed by atoms with E-state index in [0.29, 0.717) is 19.3 Å². The van der Waals surface area contributed by atoms with Gasteiger partial charge in [0.05, 0.1) is 18.8 Å². The van der Waals surface area contributed by atoms with E-state index in [1.165, 1.54) is 199 Å². The number of aliphatic hydroxyl groups is 4. The summed E-state index contributed by atoms with van der Waals surface area (Å²) >= 11 is 0. The van der Waals surface area contributed by atoms with Crippen LogP contribution < -0.4 is 5.32 Å². The van der Waals surface area contributed by atoms with Gasteiger partial charge >= 0.3 is 0 Å². The van der Waals surface area contributed by atoms with Crippen LogP contribution in [0.5, 0.6) is 0 Å². The number of nitrogens with one attached hydrogen (secondary N) is 1. The quantitative estimate of drug-likeness (QED) is 0.0309. The van der Waals surface area contributed by atoms with Gasteiger partial charge in [-0.1, -0.05) is 242 Å². The molecule has 0 aliphatic carbocycles. The molecule has 0 radical (unpaired) electrons. The summed E-state index contributed by atoms with van der Waals surface area (Å²) in [6.45, 7) is 4.04. The lowest BCUT2D eigenvalue weighted by molar-refractivity contribution is -0.132. The molecule has 0 rings (SSSR count). The summed E-state index contributed by atoms with van der Waals surface area (Å²) < 4.78 is 0. The third-order valence-corrected chi connectivity index (χ3v) is 13.0. The van der Waals surface area contributed by atoms with Gasteiger partial charge < -0.3 is 25.7 Å². The highest BCUT2D eigenvalue weighted by atomic mass is 16.3. The molecule has 4 unspecified atom stereocenters. The van der Waals surface area contributed by atoms with Gasteiger partial charge in [-0.05, 0) is 89.9 Å². The maximum absolute atomic E-state index is 12.6. The van der Waals surface area contributed by atoms with Gasteiger partial charge in [0.2, 0.25) is 5.91 Å². The van der Waals surface area contributed by atoms with Crippen LogP contribution in [0.1, 0.15) is 284 Å². The lowest BCUT2D eigenvalue weighted by Gasteiger charge is -2.27. The Bertz CT molecular complexity index is 1060. The minimum atomic E-state index is -1.29. The van der Waals surface area contributed by atoms with E-state index in [0.717, 1.165) is 51.4 Å². The largest absolute Gasteiger partial charge is 0.394 e. The molecule has 0 fully saturated rings. The Morgan fingerprint density at radius 3 is 1.00 bits per heavy atom. The molecular weight excluding hydrogens is 791 g/mol. The molecule has 0 aliphatic heterocycles. The van der Waals surface area contributed by atoms with Crippen molar-refractivity contribution in [2.75, 3.05) is 6.61 Å². The van der Waals surface area contributed by atoms with Crippen LogP contribution in [0.25, 0.3) is 0 Å². The molecular formula is C58H109NO5. The molecule has 6 heteroatoms. The molecule has 0 aromatic rings. The Balaban J connectivity index is 3.64. The fraction of sp³-hybridized carbons (Fsp3) is 0.845. The molecule has 0 aliphatic rings. The Kier molecular flexibility index (Phi) is 50.8. The average molecular weight is 901 g/mol. The van der Waals surface area contributed by atoms with E-state index in [-0.39, 0.29) is 0 Å². The van der Waals surface area contributed by atoms with Crippen LogP contribution in [-0.2, 0) is 4.79 Å². The number of aliphatic hydroxyl groups excluding tert-OH is 4. The van der Waals surface area contributed by atoms with Crippen molar-refractivity contribution in [3.8, 4) is 0 Å². The van der Waals surface area contributed by atoms with Crippen molar-refractivity contribution >= 4 is 5.91 Å². The number of carbonyl (C=O) groups is 1. The molecule has 5 N–H and O–H groups in total. The van der Waals surface area contributed by atoms with Crippen molar-refractivity contribution in [3.63, 3.8) is 0 Å². The summed E-state index contributed by atoms with van der Waals surface area (Å²) in [5, 5.41) is 43.9. The van der Waals surface area contributed by atoms with Crippen molar-refractivity contribution in [2.45, 2.75) is 308 Å². The van der Waals surface area contributed by atoms with Crippen LogP contribution >= 0.6 is 0 Å². The molecule has 64 heavy (non-hydrogen) atoms. The number of hydrogen-bond donors (Lipinski definition) is 5. The SMILES string of the molecule is CCCCCC/C=C/CC/C=C/CC/C=C/CCCC(O)C(O)C(CO)NC(=O)C(O)CCCCCCCCCCCCCCCCC/C=C\CCCCCCCCCCCCCC. The standard InChI is InChI=1S/C58H109NO5/c1-3-5-7-9-11-13-15-17-19-21-22-23-24-25-26-27-28-29-30-31-32-33-34-36-38-40-42-44-46-48-50-52-56(62)58(64)59-54(53-60)57(63)55(61)51-49-47-45-43-41-39-37-35-20-18-16-14-12-10-8-6-4-2/h14,16,25-26,35,37,43,45,54-57,60-63H,3-13,15,17-24,27-34,36,38-42,44,46-53H2,1-2H3,(H,59,64)/b16-14+,26-25-,37-35+,45-43+. The molecule has 0 saturated carbocycles. The van der Waals surface area contributed by atoms with E-state index >= 15 is 0 Å². The van der Waals surface area contributed by atoms with Gasteiger partial charge in [-0.15, -0.1) is 0 Å². The second-order valence-corrected chi connectivity index (χ2v) is 19.3. The highest BCUT2D eigenvalue weighted by Crippen LogP contribution is 2.17. The van der Waals surface area contributed by atoms with Gasteiger partial charge in [0.1, 0.15) is 12.2 Å². The van der Waals surface area contributed by atoms with Crippen molar-refractivity contribution in [2.24, 2.45) is 0 Å². The molecule has 1 amide bonds. The maximum Gasteiger partial charge on any atom is 0.249 e. The van der Waals surface area contributed by atoms with E-state index in [4.69, 9.17) is 0 Å². The summed E-state index contributed by atoms with van der Waals surface area (Å²) in [5.74, 6) is -0.598. The van der Waals surface area contributed by atoms with E-state index in [2.05, 4.69) is 67.8 Å². The van der Waals surface area contributed by atoms with Crippen LogP contribution in [0.3, 0.4) is 0 Å². The fourth-order valence-electron chi connectivity index (χ4n) is 8.55. The molecule has 0 bridgehead atoms. The van der Waals surface area contributed by atoms with Crippen LogP contribution in [-0.4, -0.2) is 57.3 Å². The van der Waals surface area contributed by atoms with Gasteiger partial charge in [0.25, 0.3) is 0 Å². The van der Waals surface area contributed by atoms with E-state index in [9.17, 15) is 25.2 Å². The van der Waals surface area contributed by atoms with Crippen LogP contribution in [0.15, 0.2) is 48.6 Å². The van der Waals surface area contributed by atoms with Crippen LogP contribution in [0.4, 0.5) is 0 Å². The Labute approximate surface area is 398 Å². The first-order valence-electron chi connectivity index (χ1n) is 28.0. The molecule has 0 heterocycles. The normalized spacial score (nSPS) is 14.2. The van der Waals surface area contributed by atoms with Gasteiger partial charge in [0.15, 0.2) is 0 Å². The fourth-order valence-corrected chi connectivity index (χ4v) is 8.55. The monoisotopic (exact) mass is 900 g/mol. The Morgan fingerprint density at radius 1 is 0.375 bits per heavy atom. The Morgan fingerprint density at radius 2 is 0.656 bits per heavy atom. The smallest absolute Gasteiger partial charge is 0.249 e. The third-order valence-electron chi connectivity index (χ3n) is 13.0. The van der Waals surface area contributed by atoms with Gasteiger partial charge in [-0.2, -0.15) is 0 Å². The summed E-state index contributed by atoms with van der Waals surface area (Å²) in [6.07, 6.45) is 66.1. The van der Waals surface area contributed by atoms with E-state index in [1.54, 1.807) is 0 Å². The first kappa shape index (κ1) is 62.3. The second kappa shape index (κ2) is 52.2. The van der Waals surface area contributed by atoms with Gasteiger partial charge in [0, 0.05) is 0 Å². The second-order valence-electron chi connectivity index (χ2n) is 19.3. The first-order chi connectivity index (χ1) is 31.5. The number of hydrogen-bond acceptors (Lipinski definition) is 5.